The summed E-state index contributed by atoms with van der Waals surface area (Å²) in [5.41, 5.74) is 4.53. The van der Waals surface area contributed by atoms with Crippen molar-refractivity contribution in [1.29, 1.82) is 0 Å². The van der Waals surface area contributed by atoms with Gasteiger partial charge in [0, 0.05) is 6.61 Å². The third-order valence-electron chi connectivity index (χ3n) is 4.68. The standard InChI is InChI=1S/C19H30O/c1-2-3-4-5-6-7-8-16-9-11-19-14-17(15-20)10-12-18(19)13-16/h9,11,13,17,20H,2-8,10,12,14-15H2,1H3/t17-/m1/s1. The zero-order chi connectivity index (χ0) is 14.2. The Bertz CT molecular complexity index is 397. The maximum Gasteiger partial charge on any atom is 0.0462 e. The molecule has 20 heavy (non-hydrogen) atoms. The van der Waals surface area contributed by atoms with E-state index in [0.29, 0.717) is 12.5 Å². The van der Waals surface area contributed by atoms with Gasteiger partial charge in [-0.3, -0.25) is 0 Å². The number of aliphatic hydroxyl groups excluding tert-OH is 1. The van der Waals surface area contributed by atoms with Gasteiger partial charge in [-0.05, 0) is 54.7 Å². The van der Waals surface area contributed by atoms with Crippen LogP contribution in [-0.2, 0) is 19.3 Å². The molecule has 2 rings (SSSR count). The van der Waals surface area contributed by atoms with Crippen molar-refractivity contribution >= 4 is 0 Å². The highest BCUT2D eigenvalue weighted by atomic mass is 16.3. The van der Waals surface area contributed by atoms with Crippen molar-refractivity contribution in [3.8, 4) is 0 Å². The molecule has 1 aliphatic carbocycles. The van der Waals surface area contributed by atoms with Gasteiger partial charge in [-0.2, -0.15) is 0 Å². The molecule has 0 spiro atoms. The van der Waals surface area contributed by atoms with Crippen LogP contribution in [0.25, 0.3) is 0 Å². The van der Waals surface area contributed by atoms with Crippen molar-refractivity contribution in [3.63, 3.8) is 0 Å². The van der Waals surface area contributed by atoms with Gasteiger partial charge < -0.3 is 5.11 Å². The van der Waals surface area contributed by atoms with E-state index in [9.17, 15) is 5.11 Å². The van der Waals surface area contributed by atoms with Crippen molar-refractivity contribution in [3.05, 3.63) is 34.9 Å². The molecule has 1 aromatic carbocycles. The summed E-state index contributed by atoms with van der Waals surface area (Å²) in [6.45, 7) is 2.62. The number of benzene rings is 1. The van der Waals surface area contributed by atoms with Gasteiger partial charge in [0.2, 0.25) is 0 Å². The number of hydrogen-bond donors (Lipinski definition) is 1. The maximum absolute atomic E-state index is 9.28. The highest BCUT2D eigenvalue weighted by Gasteiger charge is 2.17. The van der Waals surface area contributed by atoms with Crippen LogP contribution in [0.3, 0.4) is 0 Å². The Morgan fingerprint density at radius 3 is 2.65 bits per heavy atom. The first kappa shape index (κ1) is 15.6. The van der Waals surface area contributed by atoms with Gasteiger partial charge in [0.05, 0.1) is 0 Å². The summed E-state index contributed by atoms with van der Waals surface area (Å²) >= 11 is 0. The number of aliphatic hydroxyl groups is 1. The predicted molar refractivity (Wildman–Crippen MR) is 86.1 cm³/mol. The Kier molecular flexibility index (Phi) is 6.59. The Morgan fingerprint density at radius 1 is 1.05 bits per heavy atom. The summed E-state index contributed by atoms with van der Waals surface area (Å²) in [5, 5.41) is 9.28. The number of unbranched alkanes of at least 4 members (excludes halogenated alkanes) is 5. The Hall–Kier alpha value is -0.820. The molecule has 1 N–H and O–H groups in total. The fraction of sp³-hybridized carbons (Fsp3) is 0.684. The molecule has 0 radical (unpaired) electrons. The van der Waals surface area contributed by atoms with Gasteiger partial charge in [0.25, 0.3) is 0 Å². The van der Waals surface area contributed by atoms with Crippen LogP contribution >= 0.6 is 0 Å². The lowest BCUT2D eigenvalue weighted by molar-refractivity contribution is 0.213. The summed E-state index contributed by atoms with van der Waals surface area (Å²) < 4.78 is 0. The first-order valence-corrected chi connectivity index (χ1v) is 8.55. The van der Waals surface area contributed by atoms with Crippen LogP contribution in [0.2, 0.25) is 0 Å². The van der Waals surface area contributed by atoms with E-state index in [1.54, 1.807) is 0 Å². The van der Waals surface area contributed by atoms with Gasteiger partial charge in [0.1, 0.15) is 0 Å². The lowest BCUT2D eigenvalue weighted by atomic mass is 9.83. The van der Waals surface area contributed by atoms with Crippen LogP contribution in [0.4, 0.5) is 0 Å². The van der Waals surface area contributed by atoms with E-state index in [1.165, 1.54) is 61.6 Å². The van der Waals surface area contributed by atoms with Crippen molar-refractivity contribution in [2.45, 2.75) is 71.1 Å². The average molecular weight is 274 g/mol. The van der Waals surface area contributed by atoms with Gasteiger partial charge >= 0.3 is 0 Å². The lowest BCUT2D eigenvalue weighted by Crippen LogP contribution is -2.17. The molecule has 0 saturated heterocycles. The van der Waals surface area contributed by atoms with Crippen molar-refractivity contribution in [2.24, 2.45) is 5.92 Å². The van der Waals surface area contributed by atoms with Crippen LogP contribution in [0, 0.1) is 5.92 Å². The summed E-state index contributed by atoms with van der Waals surface area (Å²) in [7, 11) is 0. The molecular weight excluding hydrogens is 244 g/mol. The van der Waals surface area contributed by atoms with Crippen LogP contribution in [0.1, 0.15) is 68.6 Å². The smallest absolute Gasteiger partial charge is 0.0462 e. The first-order valence-electron chi connectivity index (χ1n) is 8.55. The van der Waals surface area contributed by atoms with E-state index in [0.717, 1.165) is 19.3 Å². The zero-order valence-corrected chi connectivity index (χ0v) is 13.0. The third-order valence-corrected chi connectivity index (χ3v) is 4.68. The molecule has 1 nitrogen and oxygen atoms in total. The van der Waals surface area contributed by atoms with Crippen molar-refractivity contribution in [1.82, 2.24) is 0 Å². The van der Waals surface area contributed by atoms with E-state index in [2.05, 4.69) is 25.1 Å². The second kappa shape index (κ2) is 8.46. The fourth-order valence-electron chi connectivity index (χ4n) is 3.30. The average Bonchev–Trinajstić information content (AvgIpc) is 2.50. The predicted octanol–water partition coefficient (Wildman–Crippen LogP) is 4.69. The molecule has 0 fully saturated rings. The van der Waals surface area contributed by atoms with E-state index < -0.39 is 0 Å². The molecule has 1 heteroatoms. The number of aryl methyl sites for hydroxylation is 2. The quantitative estimate of drug-likeness (QED) is 0.682. The van der Waals surface area contributed by atoms with Gasteiger partial charge in [-0.15, -0.1) is 0 Å². The zero-order valence-electron chi connectivity index (χ0n) is 13.0. The largest absolute Gasteiger partial charge is 0.396 e. The highest BCUT2D eigenvalue weighted by molar-refractivity contribution is 5.34. The minimum atomic E-state index is 0.346. The Labute approximate surface area is 124 Å². The van der Waals surface area contributed by atoms with Crippen molar-refractivity contribution < 1.29 is 5.11 Å². The molecule has 1 aliphatic rings. The van der Waals surface area contributed by atoms with E-state index in [1.807, 2.05) is 0 Å². The minimum absolute atomic E-state index is 0.346. The molecule has 0 aromatic heterocycles. The molecule has 0 heterocycles. The monoisotopic (exact) mass is 274 g/mol. The molecule has 0 saturated carbocycles. The molecular formula is C19H30O. The number of fused-ring (bicyclic) bond motifs is 1. The van der Waals surface area contributed by atoms with Crippen LogP contribution in [0.5, 0.6) is 0 Å². The summed E-state index contributed by atoms with van der Waals surface area (Å²) in [5.74, 6) is 0.493. The summed E-state index contributed by atoms with van der Waals surface area (Å²) in [6, 6.07) is 7.04. The molecule has 0 unspecified atom stereocenters. The van der Waals surface area contributed by atoms with Crippen molar-refractivity contribution in [2.75, 3.05) is 6.61 Å². The van der Waals surface area contributed by atoms with Gasteiger partial charge in [-0.1, -0.05) is 57.2 Å². The summed E-state index contributed by atoms with van der Waals surface area (Å²) in [6.07, 6.45) is 12.9. The van der Waals surface area contributed by atoms with Gasteiger partial charge in [-0.25, -0.2) is 0 Å². The second-order valence-corrected chi connectivity index (χ2v) is 6.41. The fourth-order valence-corrected chi connectivity index (χ4v) is 3.30. The molecule has 1 aromatic rings. The summed E-state index contributed by atoms with van der Waals surface area (Å²) in [4.78, 5) is 0. The Morgan fingerprint density at radius 2 is 1.85 bits per heavy atom. The SMILES string of the molecule is CCCCCCCCc1ccc2c(c1)CC[C@@H](CO)C2. The normalized spacial score (nSPS) is 18.0. The molecule has 112 valence electrons. The van der Waals surface area contributed by atoms with Crippen LogP contribution in [0.15, 0.2) is 18.2 Å². The van der Waals surface area contributed by atoms with Crippen LogP contribution < -0.4 is 0 Å². The van der Waals surface area contributed by atoms with Crippen LogP contribution in [-0.4, -0.2) is 11.7 Å². The third kappa shape index (κ3) is 4.63. The van der Waals surface area contributed by atoms with E-state index >= 15 is 0 Å². The topological polar surface area (TPSA) is 20.2 Å². The maximum atomic E-state index is 9.28. The second-order valence-electron chi connectivity index (χ2n) is 6.41. The highest BCUT2D eigenvalue weighted by Crippen LogP contribution is 2.26. The molecule has 0 bridgehead atoms. The lowest BCUT2D eigenvalue weighted by Gasteiger charge is -2.23. The minimum Gasteiger partial charge on any atom is -0.396 e. The van der Waals surface area contributed by atoms with E-state index in [-0.39, 0.29) is 0 Å². The molecule has 0 amide bonds. The number of hydrogen-bond acceptors (Lipinski definition) is 1. The molecule has 0 aliphatic heterocycles. The van der Waals surface area contributed by atoms with Gasteiger partial charge in [0.15, 0.2) is 0 Å². The number of rotatable bonds is 8. The first-order chi connectivity index (χ1) is 9.83. The van der Waals surface area contributed by atoms with E-state index in [4.69, 9.17) is 0 Å². The molecule has 1 atom stereocenters. The Balaban J connectivity index is 1.77.